The van der Waals surface area contributed by atoms with Gasteiger partial charge in [-0.2, -0.15) is 0 Å². The summed E-state index contributed by atoms with van der Waals surface area (Å²) in [5.41, 5.74) is 0.776. The Labute approximate surface area is 171 Å². The third-order valence-corrected chi connectivity index (χ3v) is 5.21. The molecule has 0 bridgehead atoms. The SMILES string of the molecule is CCCNc1cc(N2CCC[C@H](CCC(=O)NCc3cccc(F)c3)C2)ncn1. The van der Waals surface area contributed by atoms with Gasteiger partial charge in [0.1, 0.15) is 23.8 Å². The van der Waals surface area contributed by atoms with Crippen molar-refractivity contribution in [2.75, 3.05) is 29.9 Å². The number of aromatic nitrogens is 2. The van der Waals surface area contributed by atoms with Crippen molar-refractivity contribution in [2.24, 2.45) is 5.92 Å². The number of anilines is 2. The summed E-state index contributed by atoms with van der Waals surface area (Å²) in [7, 11) is 0. The molecule has 1 amide bonds. The van der Waals surface area contributed by atoms with E-state index in [1.165, 1.54) is 12.1 Å². The molecular formula is C22H30FN5O. The molecule has 1 atom stereocenters. The van der Waals surface area contributed by atoms with Crippen LogP contribution in [0.3, 0.4) is 0 Å². The van der Waals surface area contributed by atoms with Gasteiger partial charge in [-0.1, -0.05) is 19.1 Å². The van der Waals surface area contributed by atoms with E-state index in [1.54, 1.807) is 12.4 Å². The molecule has 1 aromatic carbocycles. The number of halogens is 1. The van der Waals surface area contributed by atoms with Crippen molar-refractivity contribution in [1.82, 2.24) is 15.3 Å². The summed E-state index contributed by atoms with van der Waals surface area (Å²) in [4.78, 5) is 23.2. The quantitative estimate of drug-likeness (QED) is 0.672. The van der Waals surface area contributed by atoms with Crippen LogP contribution in [0.1, 0.15) is 44.6 Å². The third-order valence-electron chi connectivity index (χ3n) is 5.21. The maximum absolute atomic E-state index is 13.2. The van der Waals surface area contributed by atoms with Gasteiger partial charge in [-0.05, 0) is 49.3 Å². The Morgan fingerprint density at radius 3 is 3.03 bits per heavy atom. The molecule has 1 aliphatic rings. The number of carbonyl (C=O) groups excluding carboxylic acids is 1. The maximum atomic E-state index is 13.2. The zero-order valence-electron chi connectivity index (χ0n) is 17.0. The summed E-state index contributed by atoms with van der Waals surface area (Å²) in [5.74, 6) is 2.00. The largest absolute Gasteiger partial charge is 0.370 e. The molecule has 3 rings (SSSR count). The van der Waals surface area contributed by atoms with Gasteiger partial charge in [0.2, 0.25) is 5.91 Å². The average Bonchev–Trinajstić information content (AvgIpc) is 2.75. The Morgan fingerprint density at radius 2 is 2.21 bits per heavy atom. The van der Waals surface area contributed by atoms with Gasteiger partial charge in [0.05, 0.1) is 0 Å². The molecule has 1 saturated heterocycles. The molecule has 0 radical (unpaired) electrons. The second kappa shape index (κ2) is 10.7. The van der Waals surface area contributed by atoms with Crippen molar-refractivity contribution in [3.8, 4) is 0 Å². The number of hydrogen-bond donors (Lipinski definition) is 2. The molecule has 1 aliphatic heterocycles. The van der Waals surface area contributed by atoms with E-state index in [1.807, 2.05) is 12.1 Å². The fourth-order valence-corrected chi connectivity index (χ4v) is 3.65. The molecule has 156 valence electrons. The van der Waals surface area contributed by atoms with E-state index >= 15 is 0 Å². The number of amides is 1. The van der Waals surface area contributed by atoms with Crippen molar-refractivity contribution in [3.63, 3.8) is 0 Å². The monoisotopic (exact) mass is 399 g/mol. The first-order chi connectivity index (χ1) is 14.1. The lowest BCUT2D eigenvalue weighted by Crippen LogP contribution is -2.36. The number of piperidine rings is 1. The number of nitrogens with zero attached hydrogens (tertiary/aromatic N) is 3. The van der Waals surface area contributed by atoms with Crippen LogP contribution in [0.15, 0.2) is 36.7 Å². The highest BCUT2D eigenvalue weighted by molar-refractivity contribution is 5.75. The molecule has 0 saturated carbocycles. The first-order valence-corrected chi connectivity index (χ1v) is 10.5. The van der Waals surface area contributed by atoms with Gasteiger partial charge in [0.25, 0.3) is 0 Å². The molecule has 0 unspecified atom stereocenters. The van der Waals surface area contributed by atoms with E-state index in [2.05, 4.69) is 32.4 Å². The summed E-state index contributed by atoms with van der Waals surface area (Å²) in [6.07, 6.45) is 6.21. The first-order valence-electron chi connectivity index (χ1n) is 10.5. The first kappa shape index (κ1) is 21.0. The van der Waals surface area contributed by atoms with Gasteiger partial charge in [-0.3, -0.25) is 4.79 Å². The Morgan fingerprint density at radius 1 is 1.31 bits per heavy atom. The van der Waals surface area contributed by atoms with E-state index in [-0.39, 0.29) is 11.7 Å². The lowest BCUT2D eigenvalue weighted by Gasteiger charge is -2.33. The second-order valence-electron chi connectivity index (χ2n) is 7.59. The molecule has 0 spiro atoms. The van der Waals surface area contributed by atoms with Crippen molar-refractivity contribution in [3.05, 3.63) is 48.0 Å². The van der Waals surface area contributed by atoms with Crippen LogP contribution in [0.2, 0.25) is 0 Å². The van der Waals surface area contributed by atoms with Gasteiger partial charge < -0.3 is 15.5 Å². The number of carbonyl (C=O) groups is 1. The Bertz CT molecular complexity index is 800. The van der Waals surface area contributed by atoms with Gasteiger partial charge in [0.15, 0.2) is 0 Å². The van der Waals surface area contributed by atoms with Gasteiger partial charge >= 0.3 is 0 Å². The van der Waals surface area contributed by atoms with Crippen molar-refractivity contribution in [1.29, 1.82) is 0 Å². The highest BCUT2D eigenvalue weighted by Crippen LogP contribution is 2.25. The van der Waals surface area contributed by atoms with Crippen molar-refractivity contribution < 1.29 is 9.18 Å². The number of hydrogen-bond acceptors (Lipinski definition) is 5. The summed E-state index contributed by atoms with van der Waals surface area (Å²) >= 11 is 0. The lowest BCUT2D eigenvalue weighted by molar-refractivity contribution is -0.121. The van der Waals surface area contributed by atoms with E-state index in [0.717, 1.165) is 62.5 Å². The normalized spacial score (nSPS) is 16.5. The van der Waals surface area contributed by atoms with E-state index < -0.39 is 0 Å². The third kappa shape index (κ3) is 6.69. The zero-order valence-corrected chi connectivity index (χ0v) is 17.0. The maximum Gasteiger partial charge on any atom is 0.220 e. The zero-order chi connectivity index (χ0) is 20.5. The summed E-state index contributed by atoms with van der Waals surface area (Å²) in [6.45, 7) is 5.26. The van der Waals surface area contributed by atoms with Gasteiger partial charge in [-0.25, -0.2) is 14.4 Å². The minimum absolute atomic E-state index is 0.0134. The number of rotatable bonds is 9. The van der Waals surface area contributed by atoms with Crippen LogP contribution in [0.5, 0.6) is 0 Å². The minimum Gasteiger partial charge on any atom is -0.370 e. The number of benzene rings is 1. The molecule has 29 heavy (non-hydrogen) atoms. The topological polar surface area (TPSA) is 70.2 Å². The van der Waals surface area contributed by atoms with Crippen LogP contribution >= 0.6 is 0 Å². The predicted molar refractivity (Wildman–Crippen MR) is 113 cm³/mol. The van der Waals surface area contributed by atoms with Crippen LogP contribution in [0.4, 0.5) is 16.0 Å². The highest BCUT2D eigenvalue weighted by Gasteiger charge is 2.22. The van der Waals surface area contributed by atoms with Crippen molar-refractivity contribution >= 4 is 17.5 Å². The molecule has 0 aliphatic carbocycles. The minimum atomic E-state index is -0.281. The standard InChI is InChI=1S/C22H30FN5O/c1-2-10-24-20-13-21(27-16-26-20)28-11-4-6-17(15-28)8-9-22(29)25-14-18-5-3-7-19(23)12-18/h3,5,7,12-13,16-17H,2,4,6,8-11,14-15H2,1H3,(H,25,29)(H,24,26,27)/t17-/m1/s1. The van der Waals surface area contributed by atoms with Crippen LogP contribution in [0.25, 0.3) is 0 Å². The average molecular weight is 400 g/mol. The van der Waals surface area contributed by atoms with Crippen LogP contribution in [-0.2, 0) is 11.3 Å². The summed E-state index contributed by atoms with van der Waals surface area (Å²) < 4.78 is 13.2. The fourth-order valence-electron chi connectivity index (χ4n) is 3.65. The molecule has 7 heteroatoms. The van der Waals surface area contributed by atoms with Crippen LogP contribution in [0, 0.1) is 11.7 Å². The number of nitrogens with one attached hydrogen (secondary N) is 2. The molecule has 6 nitrogen and oxygen atoms in total. The fraction of sp³-hybridized carbons (Fsp3) is 0.500. The molecule has 1 aromatic heterocycles. The molecule has 2 heterocycles. The van der Waals surface area contributed by atoms with E-state index in [4.69, 9.17) is 0 Å². The van der Waals surface area contributed by atoms with Crippen LogP contribution < -0.4 is 15.5 Å². The van der Waals surface area contributed by atoms with Gasteiger partial charge in [-0.15, -0.1) is 0 Å². The Balaban J connectivity index is 1.45. The van der Waals surface area contributed by atoms with Gasteiger partial charge in [0, 0.05) is 38.7 Å². The highest BCUT2D eigenvalue weighted by atomic mass is 19.1. The lowest BCUT2D eigenvalue weighted by atomic mass is 9.93. The van der Waals surface area contributed by atoms with Crippen LogP contribution in [-0.4, -0.2) is 35.5 Å². The predicted octanol–water partition coefficient (Wildman–Crippen LogP) is 3.75. The molecule has 2 N–H and O–H groups in total. The van der Waals surface area contributed by atoms with E-state index in [0.29, 0.717) is 18.9 Å². The smallest absolute Gasteiger partial charge is 0.220 e. The summed E-state index contributed by atoms with van der Waals surface area (Å²) in [5, 5.41) is 6.19. The van der Waals surface area contributed by atoms with Crippen molar-refractivity contribution in [2.45, 2.75) is 45.6 Å². The van der Waals surface area contributed by atoms with E-state index in [9.17, 15) is 9.18 Å². The Hall–Kier alpha value is -2.70. The molecule has 2 aromatic rings. The molecular weight excluding hydrogens is 369 g/mol. The Kier molecular flexibility index (Phi) is 7.78. The second-order valence-corrected chi connectivity index (χ2v) is 7.59. The molecule has 1 fully saturated rings. The summed E-state index contributed by atoms with van der Waals surface area (Å²) in [6, 6.07) is 8.33.